The molecule has 2 atom stereocenters. The summed E-state index contributed by atoms with van der Waals surface area (Å²) in [5.41, 5.74) is 2.09. The molecule has 2 aliphatic heterocycles. The van der Waals surface area contributed by atoms with Crippen molar-refractivity contribution in [3.05, 3.63) is 29.3 Å². The second kappa shape index (κ2) is 4.90. The maximum atomic E-state index is 12.6. The summed E-state index contributed by atoms with van der Waals surface area (Å²) in [6.07, 6.45) is 1.75. The molecular weight excluding hydrogens is 256 g/mol. The zero-order chi connectivity index (χ0) is 14.3. The van der Waals surface area contributed by atoms with Crippen LogP contribution in [0.25, 0.3) is 0 Å². The highest BCUT2D eigenvalue weighted by Gasteiger charge is 2.35. The SMILES string of the molecule is CC1CCNC1C(=O)N1CCc2cc(C(=O)O)ccc21. The Morgan fingerprint density at radius 3 is 2.85 bits per heavy atom. The molecule has 5 heteroatoms. The van der Waals surface area contributed by atoms with E-state index in [-0.39, 0.29) is 17.5 Å². The molecule has 0 radical (unpaired) electrons. The van der Waals surface area contributed by atoms with Crippen molar-refractivity contribution in [2.24, 2.45) is 5.92 Å². The topological polar surface area (TPSA) is 69.6 Å². The molecule has 20 heavy (non-hydrogen) atoms. The van der Waals surface area contributed by atoms with Crippen molar-refractivity contribution in [1.29, 1.82) is 0 Å². The van der Waals surface area contributed by atoms with E-state index in [0.29, 0.717) is 12.5 Å². The van der Waals surface area contributed by atoms with Gasteiger partial charge in [-0.1, -0.05) is 6.92 Å². The molecule has 0 aliphatic carbocycles. The summed E-state index contributed by atoms with van der Waals surface area (Å²) in [5.74, 6) is -0.467. The molecule has 2 heterocycles. The van der Waals surface area contributed by atoms with Crippen LogP contribution >= 0.6 is 0 Å². The Hall–Kier alpha value is -1.88. The predicted octanol–water partition coefficient (Wildman–Crippen LogP) is 1.27. The normalized spacial score (nSPS) is 24.8. The van der Waals surface area contributed by atoms with Crippen LogP contribution in [0.1, 0.15) is 29.3 Å². The van der Waals surface area contributed by atoms with E-state index in [0.717, 1.165) is 30.6 Å². The fourth-order valence-electron chi connectivity index (χ4n) is 3.10. The van der Waals surface area contributed by atoms with Crippen LogP contribution in [0.15, 0.2) is 18.2 Å². The third kappa shape index (κ3) is 2.08. The van der Waals surface area contributed by atoms with Gasteiger partial charge >= 0.3 is 5.97 Å². The van der Waals surface area contributed by atoms with Crippen LogP contribution in [0.4, 0.5) is 5.69 Å². The lowest BCUT2D eigenvalue weighted by Crippen LogP contribution is -2.45. The van der Waals surface area contributed by atoms with Gasteiger partial charge in [0.15, 0.2) is 0 Å². The van der Waals surface area contributed by atoms with E-state index in [1.165, 1.54) is 0 Å². The van der Waals surface area contributed by atoms with Crippen molar-refractivity contribution in [3.63, 3.8) is 0 Å². The summed E-state index contributed by atoms with van der Waals surface area (Å²) in [4.78, 5) is 25.4. The molecule has 1 aromatic carbocycles. The van der Waals surface area contributed by atoms with Crippen molar-refractivity contribution in [3.8, 4) is 0 Å². The summed E-state index contributed by atoms with van der Waals surface area (Å²) in [6, 6.07) is 4.89. The van der Waals surface area contributed by atoms with E-state index >= 15 is 0 Å². The van der Waals surface area contributed by atoms with Crippen molar-refractivity contribution in [2.45, 2.75) is 25.8 Å². The number of rotatable bonds is 2. The van der Waals surface area contributed by atoms with E-state index in [2.05, 4.69) is 12.2 Å². The Morgan fingerprint density at radius 2 is 2.20 bits per heavy atom. The first kappa shape index (κ1) is 13.1. The third-order valence-corrected chi connectivity index (χ3v) is 4.29. The fourth-order valence-corrected chi connectivity index (χ4v) is 3.10. The largest absolute Gasteiger partial charge is 0.478 e. The molecule has 1 aromatic rings. The first-order valence-corrected chi connectivity index (χ1v) is 6.99. The number of carbonyl (C=O) groups is 2. The smallest absolute Gasteiger partial charge is 0.335 e. The Labute approximate surface area is 117 Å². The van der Waals surface area contributed by atoms with Crippen molar-refractivity contribution in [2.75, 3.05) is 18.0 Å². The van der Waals surface area contributed by atoms with Gasteiger partial charge in [-0.05, 0) is 49.1 Å². The number of aromatic carboxylic acids is 1. The van der Waals surface area contributed by atoms with E-state index in [1.807, 2.05) is 0 Å². The number of carboxylic acids is 1. The van der Waals surface area contributed by atoms with Crippen LogP contribution in [-0.4, -0.2) is 36.1 Å². The Kier molecular flexibility index (Phi) is 3.22. The number of hydrogen-bond acceptors (Lipinski definition) is 3. The zero-order valence-corrected chi connectivity index (χ0v) is 11.4. The Bertz CT molecular complexity index is 570. The van der Waals surface area contributed by atoms with Gasteiger partial charge in [-0.15, -0.1) is 0 Å². The fraction of sp³-hybridized carbons (Fsp3) is 0.467. The molecule has 1 saturated heterocycles. The van der Waals surface area contributed by atoms with Crippen LogP contribution in [0.3, 0.4) is 0 Å². The molecule has 0 bridgehead atoms. The van der Waals surface area contributed by atoms with Crippen molar-refractivity contribution in [1.82, 2.24) is 5.32 Å². The number of amides is 1. The molecule has 2 aliphatic rings. The van der Waals surface area contributed by atoms with Gasteiger partial charge in [0.2, 0.25) is 5.91 Å². The minimum Gasteiger partial charge on any atom is -0.478 e. The highest BCUT2D eigenvalue weighted by Crippen LogP contribution is 2.31. The molecule has 1 fully saturated rings. The minimum absolute atomic E-state index is 0.108. The second-order valence-corrected chi connectivity index (χ2v) is 5.59. The van der Waals surface area contributed by atoms with Gasteiger partial charge < -0.3 is 15.3 Å². The molecule has 2 unspecified atom stereocenters. The van der Waals surface area contributed by atoms with E-state index in [1.54, 1.807) is 23.1 Å². The van der Waals surface area contributed by atoms with Crippen molar-refractivity contribution >= 4 is 17.6 Å². The zero-order valence-electron chi connectivity index (χ0n) is 11.4. The predicted molar refractivity (Wildman–Crippen MR) is 75.0 cm³/mol. The maximum absolute atomic E-state index is 12.6. The molecule has 3 rings (SSSR count). The molecule has 0 spiro atoms. The van der Waals surface area contributed by atoms with Gasteiger partial charge in [-0.2, -0.15) is 0 Å². The summed E-state index contributed by atoms with van der Waals surface area (Å²) in [7, 11) is 0. The average Bonchev–Trinajstić information content (AvgIpc) is 3.03. The molecular formula is C15H18N2O3. The standard InChI is InChI=1S/C15H18N2O3/c1-9-4-6-16-13(9)14(18)17-7-5-10-8-11(15(19)20)2-3-12(10)17/h2-3,8-9,13,16H,4-7H2,1H3,(H,19,20). The summed E-state index contributed by atoms with van der Waals surface area (Å²) >= 11 is 0. The lowest BCUT2D eigenvalue weighted by Gasteiger charge is -2.23. The lowest BCUT2D eigenvalue weighted by molar-refractivity contribution is -0.120. The van der Waals surface area contributed by atoms with E-state index in [9.17, 15) is 9.59 Å². The van der Waals surface area contributed by atoms with Crippen LogP contribution in [0.2, 0.25) is 0 Å². The lowest BCUT2D eigenvalue weighted by atomic mass is 10.0. The first-order chi connectivity index (χ1) is 9.58. The number of fused-ring (bicyclic) bond motifs is 1. The number of nitrogens with one attached hydrogen (secondary N) is 1. The van der Waals surface area contributed by atoms with Gasteiger partial charge in [0.25, 0.3) is 0 Å². The Balaban J connectivity index is 1.86. The summed E-state index contributed by atoms with van der Waals surface area (Å²) in [5, 5.41) is 12.3. The van der Waals surface area contributed by atoms with Gasteiger partial charge in [-0.3, -0.25) is 4.79 Å². The number of carbonyl (C=O) groups excluding carboxylic acids is 1. The molecule has 106 valence electrons. The monoisotopic (exact) mass is 274 g/mol. The number of hydrogen-bond donors (Lipinski definition) is 2. The summed E-state index contributed by atoms with van der Waals surface area (Å²) < 4.78 is 0. The van der Waals surface area contributed by atoms with Gasteiger partial charge in [0.05, 0.1) is 11.6 Å². The number of anilines is 1. The minimum atomic E-state index is -0.927. The van der Waals surface area contributed by atoms with Crippen LogP contribution in [0, 0.1) is 5.92 Å². The number of carboxylic acid groups (broad SMARTS) is 1. The molecule has 5 nitrogen and oxygen atoms in total. The van der Waals surface area contributed by atoms with Crippen LogP contribution < -0.4 is 10.2 Å². The number of benzene rings is 1. The second-order valence-electron chi connectivity index (χ2n) is 5.59. The maximum Gasteiger partial charge on any atom is 0.335 e. The van der Waals surface area contributed by atoms with Crippen LogP contribution in [-0.2, 0) is 11.2 Å². The first-order valence-electron chi connectivity index (χ1n) is 6.99. The van der Waals surface area contributed by atoms with Gasteiger partial charge in [-0.25, -0.2) is 4.79 Å². The molecule has 0 saturated carbocycles. The van der Waals surface area contributed by atoms with E-state index in [4.69, 9.17) is 5.11 Å². The molecule has 2 N–H and O–H groups in total. The highest BCUT2D eigenvalue weighted by molar-refractivity contribution is 6.00. The third-order valence-electron chi connectivity index (χ3n) is 4.29. The molecule has 1 amide bonds. The summed E-state index contributed by atoms with van der Waals surface area (Å²) in [6.45, 7) is 3.62. The van der Waals surface area contributed by atoms with E-state index < -0.39 is 5.97 Å². The number of nitrogens with zero attached hydrogens (tertiary/aromatic N) is 1. The highest BCUT2D eigenvalue weighted by atomic mass is 16.4. The van der Waals surface area contributed by atoms with Gasteiger partial charge in [0, 0.05) is 12.2 Å². The quantitative estimate of drug-likeness (QED) is 0.852. The van der Waals surface area contributed by atoms with Crippen LogP contribution in [0.5, 0.6) is 0 Å². The Morgan fingerprint density at radius 1 is 1.40 bits per heavy atom. The van der Waals surface area contributed by atoms with Gasteiger partial charge in [0.1, 0.15) is 0 Å². The molecule has 0 aromatic heterocycles. The van der Waals surface area contributed by atoms with Crippen molar-refractivity contribution < 1.29 is 14.7 Å². The average molecular weight is 274 g/mol.